The number of methoxy groups -OCH3 is 1. The maximum absolute atomic E-state index is 12.1. The number of nitrogens with zero attached hydrogens (tertiary/aromatic N) is 1. The maximum atomic E-state index is 12.1. The number of carbonyl (C=O) groups is 3. The van der Waals surface area contributed by atoms with Crippen LogP contribution in [0.25, 0.3) is 0 Å². The first-order valence-electron chi connectivity index (χ1n) is 10.1. The van der Waals surface area contributed by atoms with Gasteiger partial charge in [-0.1, -0.05) is 18.2 Å². The molecule has 0 aliphatic carbocycles. The van der Waals surface area contributed by atoms with Gasteiger partial charge in [-0.15, -0.1) is 0 Å². The lowest BCUT2D eigenvalue weighted by molar-refractivity contribution is -0.150. The molecule has 31 heavy (non-hydrogen) atoms. The van der Waals surface area contributed by atoms with E-state index >= 15 is 0 Å². The zero-order valence-electron chi connectivity index (χ0n) is 17.6. The molecule has 1 N–H and O–H groups in total. The van der Waals surface area contributed by atoms with Gasteiger partial charge in [-0.25, -0.2) is 4.79 Å². The molecular formula is C23H26N2O6. The fourth-order valence-electron chi connectivity index (χ4n) is 3.36. The number of rotatable bonds is 9. The predicted octanol–water partition coefficient (Wildman–Crippen LogP) is 2.62. The van der Waals surface area contributed by atoms with Crippen LogP contribution >= 0.6 is 0 Å². The van der Waals surface area contributed by atoms with E-state index in [2.05, 4.69) is 5.32 Å². The fraction of sp³-hybridized carbons (Fsp3) is 0.348. The van der Waals surface area contributed by atoms with E-state index in [0.717, 1.165) is 17.7 Å². The first-order chi connectivity index (χ1) is 15.0. The summed E-state index contributed by atoms with van der Waals surface area (Å²) >= 11 is 0. The highest BCUT2D eigenvalue weighted by Gasteiger charge is 2.21. The van der Waals surface area contributed by atoms with E-state index < -0.39 is 18.5 Å². The van der Waals surface area contributed by atoms with Crippen LogP contribution in [-0.4, -0.2) is 44.7 Å². The quantitative estimate of drug-likeness (QED) is 0.620. The van der Waals surface area contributed by atoms with Crippen LogP contribution in [0.5, 0.6) is 11.5 Å². The molecule has 8 nitrogen and oxygen atoms in total. The van der Waals surface area contributed by atoms with Crippen molar-refractivity contribution in [3.8, 4) is 11.5 Å². The van der Waals surface area contributed by atoms with Crippen LogP contribution in [0.3, 0.4) is 0 Å². The zero-order chi connectivity index (χ0) is 22.2. The van der Waals surface area contributed by atoms with Gasteiger partial charge in [0.2, 0.25) is 5.91 Å². The van der Waals surface area contributed by atoms with Crippen LogP contribution in [-0.2, 0) is 19.1 Å². The minimum absolute atomic E-state index is 0.107. The second-order valence-electron chi connectivity index (χ2n) is 7.12. The second kappa shape index (κ2) is 10.5. The van der Waals surface area contributed by atoms with Gasteiger partial charge < -0.3 is 24.4 Å². The first-order valence-corrected chi connectivity index (χ1v) is 10.1. The molecule has 2 aromatic carbocycles. The van der Waals surface area contributed by atoms with E-state index in [9.17, 15) is 14.4 Å². The van der Waals surface area contributed by atoms with Crippen molar-refractivity contribution in [2.75, 3.05) is 31.8 Å². The average Bonchev–Trinajstić information content (AvgIpc) is 3.22. The number of anilines is 1. The summed E-state index contributed by atoms with van der Waals surface area (Å²) in [5, 5.41) is 2.77. The highest BCUT2D eigenvalue weighted by molar-refractivity contribution is 5.95. The molecular weight excluding hydrogens is 400 g/mol. The Labute approximate surface area is 181 Å². The van der Waals surface area contributed by atoms with Crippen LogP contribution in [0.2, 0.25) is 0 Å². The fourth-order valence-corrected chi connectivity index (χ4v) is 3.36. The number of hydrogen-bond acceptors (Lipinski definition) is 6. The molecule has 164 valence electrons. The Kier molecular flexibility index (Phi) is 7.48. The van der Waals surface area contributed by atoms with E-state index in [1.165, 1.54) is 0 Å². The third-order valence-electron chi connectivity index (χ3n) is 4.93. The lowest BCUT2D eigenvalue weighted by Gasteiger charge is -2.17. The van der Waals surface area contributed by atoms with Gasteiger partial charge in [0.1, 0.15) is 11.5 Å². The van der Waals surface area contributed by atoms with E-state index in [4.69, 9.17) is 14.2 Å². The van der Waals surface area contributed by atoms with Gasteiger partial charge in [0.25, 0.3) is 5.91 Å². The second-order valence-corrected chi connectivity index (χ2v) is 7.12. The Morgan fingerprint density at radius 3 is 2.52 bits per heavy atom. The molecule has 1 heterocycles. The number of benzene rings is 2. The van der Waals surface area contributed by atoms with Gasteiger partial charge in [0.15, 0.2) is 13.2 Å². The molecule has 1 fully saturated rings. The summed E-state index contributed by atoms with van der Waals surface area (Å²) in [6, 6.07) is 14.0. The molecule has 0 spiro atoms. The number of carbonyl (C=O) groups excluding carboxylic acids is 3. The zero-order valence-corrected chi connectivity index (χ0v) is 17.6. The minimum atomic E-state index is -0.654. The molecule has 1 aliphatic heterocycles. The molecule has 0 saturated carbocycles. The van der Waals surface area contributed by atoms with Crippen molar-refractivity contribution >= 4 is 23.5 Å². The number of esters is 1. The Morgan fingerprint density at radius 2 is 1.84 bits per heavy atom. The minimum Gasteiger partial charge on any atom is -0.496 e. The topological polar surface area (TPSA) is 94.2 Å². The molecule has 0 bridgehead atoms. The Morgan fingerprint density at radius 1 is 1.10 bits per heavy atom. The highest BCUT2D eigenvalue weighted by atomic mass is 16.6. The summed E-state index contributed by atoms with van der Waals surface area (Å²) in [7, 11) is 1.56. The highest BCUT2D eigenvalue weighted by Crippen LogP contribution is 2.25. The molecule has 2 amide bonds. The van der Waals surface area contributed by atoms with E-state index in [-0.39, 0.29) is 18.6 Å². The van der Waals surface area contributed by atoms with Crippen molar-refractivity contribution in [1.82, 2.24) is 5.32 Å². The van der Waals surface area contributed by atoms with Crippen molar-refractivity contribution < 1.29 is 28.6 Å². The summed E-state index contributed by atoms with van der Waals surface area (Å²) < 4.78 is 15.7. The molecule has 1 atom stereocenters. The van der Waals surface area contributed by atoms with Crippen molar-refractivity contribution in [3.05, 3.63) is 54.1 Å². The normalized spacial score (nSPS) is 14.1. The smallest absolute Gasteiger partial charge is 0.344 e. The van der Waals surface area contributed by atoms with E-state index in [1.807, 2.05) is 31.2 Å². The maximum Gasteiger partial charge on any atom is 0.344 e. The van der Waals surface area contributed by atoms with Crippen LogP contribution in [0.15, 0.2) is 48.5 Å². The summed E-state index contributed by atoms with van der Waals surface area (Å²) in [5.41, 5.74) is 1.63. The molecule has 0 aromatic heterocycles. The molecule has 8 heteroatoms. The number of nitrogens with one attached hydrogen (secondary N) is 1. The van der Waals surface area contributed by atoms with Gasteiger partial charge in [-0.2, -0.15) is 0 Å². The van der Waals surface area contributed by atoms with Crippen LogP contribution in [0.1, 0.15) is 31.4 Å². The lowest BCUT2D eigenvalue weighted by atomic mass is 10.1. The molecule has 1 saturated heterocycles. The Hall–Kier alpha value is -3.55. The number of para-hydroxylation sites is 1. The van der Waals surface area contributed by atoms with Crippen molar-refractivity contribution in [2.24, 2.45) is 0 Å². The third kappa shape index (κ3) is 5.97. The number of hydrogen-bond donors (Lipinski definition) is 1. The summed E-state index contributed by atoms with van der Waals surface area (Å²) in [6.07, 6.45) is 1.42. The van der Waals surface area contributed by atoms with Crippen LogP contribution in [0, 0.1) is 0 Å². The third-order valence-corrected chi connectivity index (χ3v) is 4.93. The standard InChI is InChI=1S/C23H26N2O6/c1-16(19-6-3-4-7-20(19)29-2)24-21(26)14-31-23(28)15-30-18-11-9-17(10-12-18)25-13-5-8-22(25)27/h3-4,6-7,9-12,16H,5,8,13-15H2,1-2H3,(H,24,26). The monoisotopic (exact) mass is 426 g/mol. The van der Waals surface area contributed by atoms with Crippen LogP contribution in [0.4, 0.5) is 5.69 Å². The first kappa shape index (κ1) is 22.1. The SMILES string of the molecule is COc1ccccc1C(C)NC(=O)COC(=O)COc1ccc(N2CCCC2=O)cc1. The van der Waals surface area contributed by atoms with Crippen LogP contribution < -0.4 is 19.7 Å². The van der Waals surface area contributed by atoms with Crippen molar-refractivity contribution in [3.63, 3.8) is 0 Å². The molecule has 1 unspecified atom stereocenters. The predicted molar refractivity (Wildman–Crippen MR) is 114 cm³/mol. The number of ether oxygens (including phenoxy) is 3. The van der Waals surface area contributed by atoms with Gasteiger partial charge in [-0.05, 0) is 43.7 Å². The van der Waals surface area contributed by atoms with E-state index in [0.29, 0.717) is 24.5 Å². The van der Waals surface area contributed by atoms with E-state index in [1.54, 1.807) is 36.3 Å². The summed E-state index contributed by atoms with van der Waals surface area (Å²) in [5.74, 6) is 0.170. The Balaban J connectivity index is 1.40. The van der Waals surface area contributed by atoms with Gasteiger partial charge in [-0.3, -0.25) is 9.59 Å². The molecule has 2 aromatic rings. The van der Waals surface area contributed by atoms with Crippen molar-refractivity contribution in [1.29, 1.82) is 0 Å². The number of amides is 2. The van der Waals surface area contributed by atoms with Gasteiger partial charge in [0.05, 0.1) is 13.2 Å². The summed E-state index contributed by atoms with van der Waals surface area (Å²) in [4.78, 5) is 37.5. The lowest BCUT2D eigenvalue weighted by Crippen LogP contribution is -2.32. The van der Waals surface area contributed by atoms with Crippen molar-refractivity contribution in [2.45, 2.75) is 25.8 Å². The average molecular weight is 426 g/mol. The van der Waals surface area contributed by atoms with Gasteiger partial charge >= 0.3 is 5.97 Å². The molecule has 3 rings (SSSR count). The largest absolute Gasteiger partial charge is 0.496 e. The Bertz CT molecular complexity index is 928. The molecule has 1 aliphatic rings. The summed E-state index contributed by atoms with van der Waals surface area (Å²) in [6.45, 7) is 1.80. The molecule has 0 radical (unpaired) electrons. The van der Waals surface area contributed by atoms with Gasteiger partial charge in [0, 0.05) is 24.2 Å².